The third kappa shape index (κ3) is 7.21. The topological polar surface area (TPSA) is 161 Å². The molecular weight excluding hydrogens is 580 g/mol. The van der Waals surface area contributed by atoms with E-state index in [2.05, 4.69) is 0 Å². The van der Waals surface area contributed by atoms with Crippen LogP contribution in [0.25, 0.3) is 0 Å². The van der Waals surface area contributed by atoms with Crippen molar-refractivity contribution in [2.75, 3.05) is 0 Å². The normalized spacial score (nSPS) is 13.2. The number of sulfone groups is 1. The highest BCUT2D eigenvalue weighted by molar-refractivity contribution is 7.91. The molecular formula is C27H32O10S3. The summed E-state index contributed by atoms with van der Waals surface area (Å²) in [6, 6.07) is 12.4. The zero-order valence-corrected chi connectivity index (χ0v) is 25.3. The van der Waals surface area contributed by atoms with Crippen LogP contribution in [0.1, 0.15) is 53.5 Å². The molecule has 0 saturated carbocycles. The summed E-state index contributed by atoms with van der Waals surface area (Å²) in [5.74, 6) is 0.382. The molecule has 0 saturated heterocycles. The summed E-state index contributed by atoms with van der Waals surface area (Å²) in [5.41, 5.74) is -0.935. The number of rotatable bonds is 9. The summed E-state index contributed by atoms with van der Waals surface area (Å²) in [5, 5.41) is 0. The molecule has 0 bridgehead atoms. The predicted molar refractivity (Wildman–Crippen MR) is 148 cm³/mol. The average molecular weight is 613 g/mol. The predicted octanol–water partition coefficient (Wildman–Crippen LogP) is 5.67. The number of benzene rings is 3. The molecule has 2 N–H and O–H groups in total. The molecule has 0 aliphatic heterocycles. The summed E-state index contributed by atoms with van der Waals surface area (Å²) in [7, 11) is -14.3. The smallest absolute Gasteiger partial charge is 0.298 e. The fraction of sp³-hybridized carbons (Fsp3) is 0.333. The van der Waals surface area contributed by atoms with Crippen LogP contribution in [0.3, 0.4) is 0 Å². The van der Waals surface area contributed by atoms with Crippen molar-refractivity contribution in [3.8, 4) is 17.2 Å². The average Bonchev–Trinajstić information content (AvgIpc) is 2.83. The van der Waals surface area contributed by atoms with Crippen molar-refractivity contribution < 1.29 is 43.8 Å². The van der Waals surface area contributed by atoms with E-state index in [1.54, 1.807) is 26.0 Å². The fourth-order valence-corrected chi connectivity index (χ4v) is 6.77. The third-order valence-electron chi connectivity index (χ3n) is 6.13. The first-order chi connectivity index (χ1) is 18.1. The maximum Gasteiger partial charge on any atom is 0.298 e. The Labute approximate surface area is 235 Å². The van der Waals surface area contributed by atoms with Gasteiger partial charge in [0, 0.05) is 0 Å². The van der Waals surface area contributed by atoms with Crippen LogP contribution >= 0.6 is 0 Å². The summed E-state index contributed by atoms with van der Waals surface area (Å²) in [4.78, 5) is -2.44. The SMILES string of the molecule is CCC(C)(C)c1ccc(S(=O)(=O)c2ccc(Oc3ccc(OC(C)(C)C)cc3)c(S(=O)(=O)O)c2)cc1S(=O)(=O)O. The second-order valence-electron chi connectivity index (χ2n) is 10.7. The summed E-state index contributed by atoms with van der Waals surface area (Å²) in [6.45, 7) is 10.9. The Bertz CT molecular complexity index is 1730. The van der Waals surface area contributed by atoms with Crippen molar-refractivity contribution in [2.24, 2.45) is 0 Å². The first kappa shape index (κ1) is 31.6. The van der Waals surface area contributed by atoms with Gasteiger partial charge in [0.1, 0.15) is 27.7 Å². The number of hydrogen-bond donors (Lipinski definition) is 2. The van der Waals surface area contributed by atoms with Gasteiger partial charge in [0.25, 0.3) is 20.2 Å². The second-order valence-corrected chi connectivity index (χ2v) is 15.5. The number of hydrogen-bond acceptors (Lipinski definition) is 8. The van der Waals surface area contributed by atoms with Crippen molar-refractivity contribution in [3.63, 3.8) is 0 Å². The molecule has 0 atom stereocenters. The van der Waals surface area contributed by atoms with Crippen LogP contribution in [-0.2, 0) is 35.5 Å². The van der Waals surface area contributed by atoms with Crippen molar-refractivity contribution in [3.05, 3.63) is 66.2 Å². The van der Waals surface area contributed by atoms with Crippen LogP contribution in [0.2, 0.25) is 0 Å². The highest BCUT2D eigenvalue weighted by Gasteiger charge is 2.30. The quantitative estimate of drug-likeness (QED) is 0.288. The largest absolute Gasteiger partial charge is 0.488 e. The highest BCUT2D eigenvalue weighted by atomic mass is 32.2. The second kappa shape index (κ2) is 10.8. The van der Waals surface area contributed by atoms with Crippen molar-refractivity contribution in [1.82, 2.24) is 0 Å². The minimum absolute atomic E-state index is 0.189. The molecule has 0 radical (unpaired) electrons. The molecule has 0 aromatic heterocycles. The molecule has 10 nitrogen and oxygen atoms in total. The lowest BCUT2D eigenvalue weighted by Crippen LogP contribution is -2.22. The van der Waals surface area contributed by atoms with Crippen molar-refractivity contribution in [2.45, 2.75) is 78.6 Å². The standard InChI is InChI=1S/C27H32O10S3/c1-7-27(5,6)22-14-12-20(16-24(22)39(30,31)32)38(28,29)21-13-15-23(25(17-21)40(33,34)35)36-18-8-10-19(11-9-18)37-26(2,3)4/h8-17H,7H2,1-6H3,(H,30,31,32)(H,33,34,35). The van der Waals surface area contributed by atoms with Gasteiger partial charge >= 0.3 is 0 Å². The van der Waals surface area contributed by atoms with Gasteiger partial charge in [-0.1, -0.05) is 26.8 Å². The van der Waals surface area contributed by atoms with E-state index in [1.807, 2.05) is 27.7 Å². The lowest BCUT2D eigenvalue weighted by Gasteiger charge is -2.25. The van der Waals surface area contributed by atoms with Crippen LogP contribution < -0.4 is 9.47 Å². The van der Waals surface area contributed by atoms with E-state index in [0.29, 0.717) is 18.2 Å². The molecule has 0 aliphatic rings. The lowest BCUT2D eigenvalue weighted by molar-refractivity contribution is 0.131. The van der Waals surface area contributed by atoms with Crippen molar-refractivity contribution >= 4 is 30.1 Å². The van der Waals surface area contributed by atoms with E-state index >= 15 is 0 Å². The third-order valence-corrected chi connectivity index (χ3v) is 9.65. The van der Waals surface area contributed by atoms with Gasteiger partial charge in [0.15, 0.2) is 0 Å². The van der Waals surface area contributed by atoms with Crippen LogP contribution in [0, 0.1) is 0 Å². The molecule has 3 aromatic rings. The fourth-order valence-electron chi connectivity index (χ4n) is 3.77. The van der Waals surface area contributed by atoms with E-state index in [0.717, 1.165) is 18.2 Å². The minimum Gasteiger partial charge on any atom is -0.488 e. The van der Waals surface area contributed by atoms with E-state index < -0.39 is 60.7 Å². The molecule has 3 aromatic carbocycles. The van der Waals surface area contributed by atoms with Crippen LogP contribution in [0.4, 0.5) is 0 Å². The Kier molecular flexibility index (Phi) is 8.51. The van der Waals surface area contributed by atoms with E-state index in [-0.39, 0.29) is 17.1 Å². The first-order valence-electron chi connectivity index (χ1n) is 12.1. The molecule has 0 fully saturated rings. The summed E-state index contributed by atoms with van der Waals surface area (Å²) >= 11 is 0. The Morgan fingerprint density at radius 1 is 0.675 bits per heavy atom. The van der Waals surface area contributed by atoms with Gasteiger partial charge in [-0.15, -0.1) is 0 Å². The molecule has 0 aliphatic carbocycles. The minimum atomic E-state index is -4.96. The van der Waals surface area contributed by atoms with E-state index in [1.165, 1.54) is 24.3 Å². The molecule has 0 spiro atoms. The zero-order valence-electron chi connectivity index (χ0n) is 22.9. The Morgan fingerprint density at radius 3 is 1.62 bits per heavy atom. The van der Waals surface area contributed by atoms with Crippen LogP contribution in [0.5, 0.6) is 17.2 Å². The van der Waals surface area contributed by atoms with E-state index in [4.69, 9.17) is 9.47 Å². The molecule has 0 unspecified atom stereocenters. The van der Waals surface area contributed by atoms with Gasteiger partial charge in [0.2, 0.25) is 9.84 Å². The van der Waals surface area contributed by atoms with Crippen LogP contribution in [0.15, 0.2) is 80.2 Å². The monoisotopic (exact) mass is 612 g/mol. The molecule has 0 amide bonds. The van der Waals surface area contributed by atoms with E-state index in [9.17, 15) is 34.4 Å². The van der Waals surface area contributed by atoms with Gasteiger partial charge in [-0.05, 0) is 92.8 Å². The highest BCUT2D eigenvalue weighted by Crippen LogP contribution is 2.37. The molecule has 218 valence electrons. The lowest BCUT2D eigenvalue weighted by atomic mass is 9.82. The maximum atomic E-state index is 13.4. The Morgan fingerprint density at radius 2 is 1.15 bits per heavy atom. The van der Waals surface area contributed by atoms with Gasteiger partial charge < -0.3 is 9.47 Å². The molecule has 13 heteroatoms. The molecule has 0 heterocycles. The van der Waals surface area contributed by atoms with Gasteiger partial charge in [0.05, 0.1) is 14.7 Å². The van der Waals surface area contributed by atoms with Crippen molar-refractivity contribution in [1.29, 1.82) is 0 Å². The van der Waals surface area contributed by atoms with Crippen LogP contribution in [-0.4, -0.2) is 40.0 Å². The number of ether oxygens (including phenoxy) is 2. The molecule has 3 rings (SSSR count). The Balaban J connectivity index is 2.08. The van der Waals surface area contributed by atoms with Gasteiger partial charge in [-0.2, -0.15) is 16.8 Å². The Hall–Kier alpha value is -2.97. The zero-order chi connectivity index (χ0) is 30.3. The molecule has 40 heavy (non-hydrogen) atoms. The maximum absolute atomic E-state index is 13.4. The summed E-state index contributed by atoms with van der Waals surface area (Å²) in [6.07, 6.45) is 0.493. The summed E-state index contributed by atoms with van der Waals surface area (Å²) < 4.78 is 107. The van der Waals surface area contributed by atoms with Gasteiger partial charge in [-0.3, -0.25) is 9.11 Å². The first-order valence-corrected chi connectivity index (χ1v) is 16.5. The van der Waals surface area contributed by atoms with Gasteiger partial charge in [-0.25, -0.2) is 8.42 Å².